The minimum absolute atomic E-state index is 0.0364. The second kappa shape index (κ2) is 5.50. The smallest absolute Gasteiger partial charge is 0.338 e. The number of thiophene rings is 1. The predicted octanol–water partition coefficient (Wildman–Crippen LogP) is 3.17. The lowest BCUT2D eigenvalue weighted by atomic mass is 10.1. The molecule has 0 saturated heterocycles. The van der Waals surface area contributed by atoms with Gasteiger partial charge in [0.05, 0.1) is 11.3 Å². The Labute approximate surface area is 127 Å². The fraction of sp³-hybridized carbons (Fsp3) is 0.214. The lowest BCUT2D eigenvalue weighted by Crippen LogP contribution is -2.16. The maximum atomic E-state index is 12.4. The normalized spacial score (nSPS) is 11.4. The lowest BCUT2D eigenvalue weighted by Gasteiger charge is -2.12. The number of rotatable bonds is 4. The van der Waals surface area contributed by atoms with Crippen molar-refractivity contribution in [3.05, 3.63) is 45.1 Å². The summed E-state index contributed by atoms with van der Waals surface area (Å²) in [5.74, 6) is -1.16. The van der Waals surface area contributed by atoms with Gasteiger partial charge in [-0.05, 0) is 38.5 Å². The van der Waals surface area contributed by atoms with Crippen LogP contribution in [-0.2, 0) is 10.0 Å². The molecule has 0 aliphatic rings. The highest BCUT2D eigenvalue weighted by Crippen LogP contribution is 2.28. The van der Waals surface area contributed by atoms with E-state index in [1.54, 1.807) is 32.0 Å². The topological polar surface area (TPSA) is 83.5 Å². The fourth-order valence-corrected chi connectivity index (χ4v) is 4.74. The molecule has 2 aromatic rings. The van der Waals surface area contributed by atoms with Crippen molar-refractivity contribution >= 4 is 33.0 Å². The van der Waals surface area contributed by atoms with Crippen molar-refractivity contribution < 1.29 is 18.3 Å². The van der Waals surface area contributed by atoms with Gasteiger partial charge in [-0.25, -0.2) is 13.2 Å². The van der Waals surface area contributed by atoms with E-state index in [0.717, 1.165) is 4.88 Å². The van der Waals surface area contributed by atoms with Crippen molar-refractivity contribution in [2.45, 2.75) is 25.7 Å². The van der Waals surface area contributed by atoms with Crippen LogP contribution in [0.15, 0.2) is 29.2 Å². The Morgan fingerprint density at radius 1 is 1.24 bits per heavy atom. The van der Waals surface area contributed by atoms with Gasteiger partial charge in [-0.1, -0.05) is 12.1 Å². The van der Waals surface area contributed by atoms with E-state index in [1.807, 2.05) is 6.92 Å². The van der Waals surface area contributed by atoms with Crippen LogP contribution in [0, 0.1) is 20.8 Å². The molecule has 0 fully saturated rings. The predicted molar refractivity (Wildman–Crippen MR) is 82.7 cm³/mol. The highest BCUT2D eigenvalue weighted by atomic mass is 32.2. The standard InChI is InChI=1S/C14H15NO4S2/c1-8-5-4-6-11(13(8)14(16)17)15-21(18,19)12-7-9(2)20-10(12)3/h4-7,15H,1-3H3,(H,16,17). The number of hydrogen-bond donors (Lipinski definition) is 2. The number of aryl methyl sites for hydroxylation is 3. The minimum atomic E-state index is -3.80. The quantitative estimate of drug-likeness (QED) is 0.904. The van der Waals surface area contributed by atoms with Gasteiger partial charge in [0.25, 0.3) is 10.0 Å². The van der Waals surface area contributed by atoms with Gasteiger partial charge in [-0.15, -0.1) is 11.3 Å². The van der Waals surface area contributed by atoms with Crippen molar-refractivity contribution in [1.29, 1.82) is 0 Å². The maximum absolute atomic E-state index is 12.4. The van der Waals surface area contributed by atoms with E-state index >= 15 is 0 Å². The molecule has 1 aromatic heterocycles. The number of benzene rings is 1. The van der Waals surface area contributed by atoms with E-state index in [1.165, 1.54) is 17.4 Å². The molecule has 7 heteroatoms. The van der Waals surface area contributed by atoms with Gasteiger partial charge >= 0.3 is 5.97 Å². The summed E-state index contributed by atoms with van der Waals surface area (Å²) in [5, 5.41) is 9.24. The SMILES string of the molecule is Cc1cc(S(=O)(=O)Nc2cccc(C)c2C(=O)O)c(C)s1. The molecular formula is C14H15NO4S2. The monoisotopic (exact) mass is 325 g/mol. The van der Waals surface area contributed by atoms with Crippen LogP contribution in [0.2, 0.25) is 0 Å². The number of carboxylic acids is 1. The maximum Gasteiger partial charge on any atom is 0.338 e. The van der Waals surface area contributed by atoms with Crippen molar-refractivity contribution in [3.8, 4) is 0 Å². The molecule has 0 amide bonds. The van der Waals surface area contributed by atoms with E-state index in [4.69, 9.17) is 0 Å². The zero-order chi connectivity index (χ0) is 15.8. The molecule has 0 atom stereocenters. The zero-order valence-electron chi connectivity index (χ0n) is 11.8. The summed E-state index contributed by atoms with van der Waals surface area (Å²) in [7, 11) is -3.80. The molecule has 0 unspecified atom stereocenters. The van der Waals surface area contributed by atoms with Gasteiger partial charge in [0, 0.05) is 9.75 Å². The van der Waals surface area contributed by atoms with Gasteiger partial charge in [-0.3, -0.25) is 4.72 Å². The van der Waals surface area contributed by atoms with Crippen LogP contribution in [0.5, 0.6) is 0 Å². The Morgan fingerprint density at radius 3 is 2.43 bits per heavy atom. The molecule has 1 aromatic carbocycles. The first-order valence-corrected chi connectivity index (χ1v) is 8.45. The molecule has 5 nitrogen and oxygen atoms in total. The molecule has 21 heavy (non-hydrogen) atoms. The number of anilines is 1. The highest BCUT2D eigenvalue weighted by molar-refractivity contribution is 7.93. The Morgan fingerprint density at radius 2 is 1.90 bits per heavy atom. The van der Waals surface area contributed by atoms with Crippen LogP contribution in [0.1, 0.15) is 25.7 Å². The molecular weight excluding hydrogens is 310 g/mol. The zero-order valence-corrected chi connectivity index (χ0v) is 13.4. The molecule has 0 radical (unpaired) electrons. The van der Waals surface area contributed by atoms with E-state index in [2.05, 4.69) is 4.72 Å². The number of carboxylic acid groups (broad SMARTS) is 1. The Bertz CT molecular complexity index is 806. The minimum Gasteiger partial charge on any atom is -0.478 e. The summed E-state index contributed by atoms with van der Waals surface area (Å²) in [6, 6.07) is 6.27. The number of sulfonamides is 1. The first-order valence-electron chi connectivity index (χ1n) is 6.15. The first-order chi connectivity index (χ1) is 9.72. The van der Waals surface area contributed by atoms with Crippen molar-refractivity contribution in [2.24, 2.45) is 0 Å². The second-order valence-electron chi connectivity index (χ2n) is 4.69. The molecule has 112 valence electrons. The van der Waals surface area contributed by atoms with Crippen LogP contribution >= 0.6 is 11.3 Å². The summed E-state index contributed by atoms with van der Waals surface area (Å²) in [6.45, 7) is 5.17. The lowest BCUT2D eigenvalue weighted by molar-refractivity contribution is 0.0697. The number of carbonyl (C=O) groups is 1. The average Bonchev–Trinajstić information content (AvgIpc) is 2.68. The third-order valence-electron chi connectivity index (χ3n) is 3.02. The number of nitrogens with one attached hydrogen (secondary N) is 1. The Hall–Kier alpha value is -1.86. The fourth-order valence-electron chi connectivity index (χ4n) is 2.11. The average molecular weight is 325 g/mol. The molecule has 0 bridgehead atoms. The summed E-state index contributed by atoms with van der Waals surface area (Å²) in [5.41, 5.74) is 0.539. The third-order valence-corrected chi connectivity index (χ3v) is 5.60. The highest BCUT2D eigenvalue weighted by Gasteiger charge is 2.22. The molecule has 0 saturated carbocycles. The van der Waals surface area contributed by atoms with Crippen molar-refractivity contribution in [3.63, 3.8) is 0 Å². The van der Waals surface area contributed by atoms with E-state index in [9.17, 15) is 18.3 Å². The van der Waals surface area contributed by atoms with Crippen molar-refractivity contribution in [1.82, 2.24) is 0 Å². The number of hydrogen-bond acceptors (Lipinski definition) is 4. The first kappa shape index (κ1) is 15.5. The van der Waals surface area contributed by atoms with Gasteiger partial charge in [0.2, 0.25) is 0 Å². The van der Waals surface area contributed by atoms with E-state index < -0.39 is 16.0 Å². The summed E-state index contributed by atoms with van der Waals surface area (Å²) in [6.07, 6.45) is 0. The Balaban J connectivity index is 2.50. The molecule has 0 aliphatic carbocycles. The number of aromatic carboxylic acids is 1. The van der Waals surface area contributed by atoms with Crippen LogP contribution < -0.4 is 4.72 Å². The molecule has 0 aliphatic heterocycles. The molecule has 0 spiro atoms. The van der Waals surface area contributed by atoms with Gasteiger partial charge in [0.1, 0.15) is 4.90 Å². The second-order valence-corrected chi connectivity index (χ2v) is 7.80. The molecule has 1 heterocycles. The molecule has 2 N–H and O–H groups in total. The summed E-state index contributed by atoms with van der Waals surface area (Å²) < 4.78 is 27.2. The van der Waals surface area contributed by atoms with Crippen LogP contribution in [0.3, 0.4) is 0 Å². The molecule has 2 rings (SSSR count). The Kier molecular flexibility index (Phi) is 4.06. The van der Waals surface area contributed by atoms with Crippen molar-refractivity contribution in [2.75, 3.05) is 4.72 Å². The van der Waals surface area contributed by atoms with E-state index in [0.29, 0.717) is 10.4 Å². The third kappa shape index (κ3) is 3.08. The van der Waals surface area contributed by atoms with Crippen LogP contribution in [0.4, 0.5) is 5.69 Å². The van der Waals surface area contributed by atoms with Crippen LogP contribution in [-0.4, -0.2) is 19.5 Å². The largest absolute Gasteiger partial charge is 0.478 e. The summed E-state index contributed by atoms with van der Waals surface area (Å²) in [4.78, 5) is 13.0. The van der Waals surface area contributed by atoms with Gasteiger partial charge in [0.15, 0.2) is 0 Å². The van der Waals surface area contributed by atoms with Crippen LogP contribution in [0.25, 0.3) is 0 Å². The van der Waals surface area contributed by atoms with E-state index in [-0.39, 0.29) is 16.1 Å². The summed E-state index contributed by atoms with van der Waals surface area (Å²) >= 11 is 1.38. The van der Waals surface area contributed by atoms with Gasteiger partial charge in [-0.2, -0.15) is 0 Å². The van der Waals surface area contributed by atoms with Gasteiger partial charge < -0.3 is 5.11 Å².